The molecule has 3 aromatic carbocycles. The molecule has 1 unspecified atom stereocenters. The molecule has 38 heavy (non-hydrogen) atoms. The molecule has 1 atom stereocenters. The van der Waals surface area contributed by atoms with Gasteiger partial charge in [0, 0.05) is 5.41 Å². The fraction of sp³-hybridized carbons (Fsp3) is 0.441. The van der Waals surface area contributed by atoms with Crippen LogP contribution >= 0.6 is 12.9 Å². The van der Waals surface area contributed by atoms with Gasteiger partial charge in [0.25, 0.3) is 0 Å². The van der Waals surface area contributed by atoms with E-state index >= 15 is 0 Å². The quantitative estimate of drug-likeness (QED) is 0.161. The van der Waals surface area contributed by atoms with Crippen molar-refractivity contribution >= 4 is 18.9 Å². The zero-order valence-electron chi connectivity index (χ0n) is 24.4. The second kappa shape index (κ2) is 12.5. The van der Waals surface area contributed by atoms with Crippen molar-refractivity contribution < 1.29 is 13.7 Å². The maximum Gasteiger partial charge on any atom is 0.337 e. The summed E-state index contributed by atoms with van der Waals surface area (Å²) in [6.45, 7) is 15.6. The van der Waals surface area contributed by atoms with Crippen molar-refractivity contribution in [2.75, 3.05) is 7.11 Å². The van der Waals surface area contributed by atoms with Crippen LogP contribution in [0.4, 0.5) is 0 Å². The number of hydrogen-bond donors (Lipinski definition) is 1. The number of rotatable bonds is 10. The van der Waals surface area contributed by atoms with Crippen molar-refractivity contribution in [3.63, 3.8) is 0 Å². The highest BCUT2D eigenvalue weighted by Gasteiger charge is 2.32. The van der Waals surface area contributed by atoms with E-state index in [9.17, 15) is 4.79 Å². The normalized spacial score (nSPS) is 12.9. The predicted molar refractivity (Wildman–Crippen MR) is 162 cm³/mol. The van der Waals surface area contributed by atoms with Crippen LogP contribution in [0.15, 0.2) is 60.7 Å². The number of methoxy groups -OCH3 is 1. The minimum Gasteiger partial charge on any atom is -0.465 e. The fourth-order valence-electron chi connectivity index (χ4n) is 5.63. The highest BCUT2D eigenvalue weighted by Crippen LogP contribution is 2.41. The molecule has 0 aromatic heterocycles. The molecular formula is C34H44O3S. The Morgan fingerprint density at radius 3 is 1.92 bits per heavy atom. The third kappa shape index (κ3) is 6.35. The average molecular weight is 533 g/mol. The van der Waals surface area contributed by atoms with Crippen LogP contribution < -0.4 is 0 Å². The zero-order chi connectivity index (χ0) is 28.1. The summed E-state index contributed by atoms with van der Waals surface area (Å²) in [4.78, 5) is 11.8. The predicted octanol–water partition coefficient (Wildman–Crippen LogP) is 9.07. The van der Waals surface area contributed by atoms with E-state index in [1.165, 1.54) is 40.5 Å². The minimum absolute atomic E-state index is 0.0521. The Kier molecular flexibility index (Phi) is 9.89. The molecule has 3 aromatic rings. The molecule has 0 amide bonds. The van der Waals surface area contributed by atoms with Gasteiger partial charge in [0.15, 0.2) is 0 Å². The Hall–Kier alpha value is -2.56. The molecule has 0 radical (unpaired) electrons. The van der Waals surface area contributed by atoms with Gasteiger partial charge in [0.2, 0.25) is 0 Å². The fourth-order valence-corrected chi connectivity index (χ4v) is 6.05. The molecule has 0 spiro atoms. The van der Waals surface area contributed by atoms with E-state index in [1.807, 2.05) is 24.3 Å². The number of thiol groups is 1. The number of carbonyl (C=O) groups excluding carboxylic acids is 1. The van der Waals surface area contributed by atoms with Gasteiger partial charge in [0.1, 0.15) is 0 Å². The van der Waals surface area contributed by atoms with Crippen LogP contribution in [0.25, 0.3) is 11.1 Å². The van der Waals surface area contributed by atoms with E-state index < -0.39 is 0 Å². The average Bonchev–Trinajstić information content (AvgIpc) is 2.90. The van der Waals surface area contributed by atoms with Crippen molar-refractivity contribution in [1.29, 1.82) is 0 Å². The molecule has 0 saturated carbocycles. The third-order valence-electron chi connectivity index (χ3n) is 8.27. The lowest BCUT2D eigenvalue weighted by Gasteiger charge is -2.34. The molecule has 0 N–H and O–H groups in total. The molecule has 204 valence electrons. The molecule has 0 aliphatic rings. The summed E-state index contributed by atoms with van der Waals surface area (Å²) < 4.78 is 10.3. The highest BCUT2D eigenvalue weighted by molar-refractivity contribution is 7.75. The van der Waals surface area contributed by atoms with Crippen LogP contribution in [0, 0.1) is 19.3 Å². The van der Waals surface area contributed by atoms with Crippen LogP contribution in [0.3, 0.4) is 0 Å². The van der Waals surface area contributed by atoms with Crippen molar-refractivity contribution in [1.82, 2.24) is 0 Å². The Morgan fingerprint density at radius 1 is 0.868 bits per heavy atom. The zero-order valence-corrected chi connectivity index (χ0v) is 25.2. The lowest BCUT2D eigenvalue weighted by molar-refractivity contribution is 0.0600. The molecular weight excluding hydrogens is 488 g/mol. The first kappa shape index (κ1) is 30.0. The standard InChI is InChI=1S/C34H44O3S/c1-9-34(10-2,28-17-15-25(23(3)21-28)16-20-31(37-38)33(5,6)7)29-18-19-30(24(4)22-29)26-11-13-27(14-12-26)32(35)36-8/h11-15,17-19,21-22,31,38H,9-10,16,20H2,1-8H3. The van der Waals surface area contributed by atoms with Gasteiger partial charge in [-0.05, 0) is 109 Å². The van der Waals surface area contributed by atoms with E-state index in [-0.39, 0.29) is 22.9 Å². The first-order valence-corrected chi connectivity index (χ1v) is 14.1. The maximum atomic E-state index is 11.8. The summed E-state index contributed by atoms with van der Waals surface area (Å²) in [7, 11) is 1.41. The second-order valence-electron chi connectivity index (χ2n) is 11.5. The number of aryl methyl sites for hydroxylation is 3. The van der Waals surface area contributed by atoms with Crippen LogP contribution in [-0.2, 0) is 20.8 Å². The van der Waals surface area contributed by atoms with Crippen molar-refractivity contribution in [3.8, 4) is 11.1 Å². The smallest absolute Gasteiger partial charge is 0.337 e. The second-order valence-corrected chi connectivity index (χ2v) is 11.7. The molecule has 3 nitrogen and oxygen atoms in total. The Bertz CT molecular complexity index is 1230. The van der Waals surface area contributed by atoms with Gasteiger partial charge in [-0.15, -0.1) is 0 Å². The van der Waals surface area contributed by atoms with Crippen LogP contribution in [0.1, 0.15) is 92.1 Å². The van der Waals surface area contributed by atoms with Gasteiger partial charge in [-0.2, -0.15) is 0 Å². The van der Waals surface area contributed by atoms with E-state index in [0.717, 1.165) is 31.2 Å². The van der Waals surface area contributed by atoms with Crippen LogP contribution in [-0.4, -0.2) is 19.2 Å². The van der Waals surface area contributed by atoms with Gasteiger partial charge < -0.3 is 8.92 Å². The van der Waals surface area contributed by atoms with E-state index in [0.29, 0.717) is 5.56 Å². The van der Waals surface area contributed by atoms with Gasteiger partial charge in [-0.25, -0.2) is 4.79 Å². The minimum atomic E-state index is -0.315. The summed E-state index contributed by atoms with van der Waals surface area (Å²) in [5.74, 6) is -0.315. The number of benzene rings is 3. The first-order chi connectivity index (χ1) is 18.0. The Morgan fingerprint density at radius 2 is 1.45 bits per heavy atom. The lowest BCUT2D eigenvalue weighted by atomic mass is 9.69. The van der Waals surface area contributed by atoms with Gasteiger partial charge in [-0.3, -0.25) is 0 Å². The number of hydrogen-bond acceptors (Lipinski definition) is 4. The monoisotopic (exact) mass is 532 g/mol. The van der Waals surface area contributed by atoms with E-state index in [4.69, 9.17) is 8.92 Å². The van der Waals surface area contributed by atoms with Crippen LogP contribution in [0.2, 0.25) is 0 Å². The van der Waals surface area contributed by atoms with Crippen molar-refractivity contribution in [2.24, 2.45) is 5.41 Å². The first-order valence-electron chi connectivity index (χ1n) is 13.7. The third-order valence-corrected chi connectivity index (χ3v) is 8.52. The Balaban J connectivity index is 1.91. The summed E-state index contributed by atoms with van der Waals surface area (Å²) >= 11 is 4.14. The molecule has 0 bridgehead atoms. The van der Waals surface area contributed by atoms with Gasteiger partial charge in [-0.1, -0.05) is 83.1 Å². The van der Waals surface area contributed by atoms with E-state index in [1.54, 1.807) is 0 Å². The maximum absolute atomic E-state index is 11.8. The number of carbonyl (C=O) groups is 1. The molecule has 0 aliphatic carbocycles. The van der Waals surface area contributed by atoms with Gasteiger partial charge in [0.05, 0.1) is 18.8 Å². The lowest BCUT2D eigenvalue weighted by Crippen LogP contribution is -2.28. The van der Waals surface area contributed by atoms with E-state index in [2.05, 4.69) is 97.8 Å². The largest absolute Gasteiger partial charge is 0.465 e. The van der Waals surface area contributed by atoms with Gasteiger partial charge >= 0.3 is 5.97 Å². The van der Waals surface area contributed by atoms with Crippen molar-refractivity contribution in [3.05, 3.63) is 94.0 Å². The molecule has 0 heterocycles. The molecule has 0 fully saturated rings. The van der Waals surface area contributed by atoms with Crippen molar-refractivity contribution in [2.45, 2.75) is 85.7 Å². The SMILES string of the molecule is CCC(CC)(c1ccc(CCC(OS)C(C)(C)C)c(C)c1)c1ccc(-c2ccc(C(=O)OC)cc2)c(C)c1. The highest BCUT2D eigenvalue weighted by atomic mass is 32.1. The molecule has 0 aliphatic heterocycles. The molecule has 4 heteroatoms. The number of ether oxygens (including phenoxy) is 1. The summed E-state index contributed by atoms with van der Waals surface area (Å²) in [6.07, 6.45) is 4.07. The summed E-state index contributed by atoms with van der Waals surface area (Å²) in [5, 5.41) is 0. The Labute approximate surface area is 235 Å². The molecule has 3 rings (SSSR count). The molecule has 0 saturated heterocycles. The topological polar surface area (TPSA) is 35.5 Å². The number of esters is 1. The summed E-state index contributed by atoms with van der Waals surface area (Å²) in [5.41, 5.74) is 9.49. The van der Waals surface area contributed by atoms with Crippen LogP contribution in [0.5, 0.6) is 0 Å². The summed E-state index contributed by atoms with van der Waals surface area (Å²) in [6, 6.07) is 21.5.